The van der Waals surface area contributed by atoms with Gasteiger partial charge in [0.15, 0.2) is 0 Å². The van der Waals surface area contributed by atoms with E-state index >= 15 is 0 Å². The molecule has 2 heterocycles. The first-order valence-electron chi connectivity index (χ1n) is 8.37. The van der Waals surface area contributed by atoms with Crippen molar-refractivity contribution in [2.24, 2.45) is 0 Å². The number of carbonyl (C=O) groups excluding carboxylic acids is 1. The molecule has 7 nitrogen and oxygen atoms in total. The minimum Gasteiger partial charge on any atom is -0.376 e. The van der Waals surface area contributed by atoms with Gasteiger partial charge in [-0.3, -0.25) is 0 Å². The number of hydrogen-bond acceptors (Lipinski definition) is 5. The van der Waals surface area contributed by atoms with E-state index in [1.54, 1.807) is 17.3 Å². The third-order valence-electron chi connectivity index (χ3n) is 4.08. The second kappa shape index (κ2) is 7.94. The Labute approximate surface area is 147 Å². The SMILES string of the molecule is CN(C)c1ncc(NC(=O)N[C@@H](c2ccccc2)[C@@H]2CCCO2)cn1. The second-order valence-corrected chi connectivity index (χ2v) is 6.20. The average Bonchev–Trinajstić information content (AvgIpc) is 3.15. The fraction of sp³-hybridized carbons (Fsp3) is 0.389. The van der Waals surface area contributed by atoms with Crippen LogP contribution in [0.25, 0.3) is 0 Å². The summed E-state index contributed by atoms with van der Waals surface area (Å²) in [5.74, 6) is 0.590. The molecule has 132 valence electrons. The first-order valence-corrected chi connectivity index (χ1v) is 8.37. The number of urea groups is 1. The van der Waals surface area contributed by atoms with Crippen LogP contribution >= 0.6 is 0 Å². The summed E-state index contributed by atoms with van der Waals surface area (Å²) >= 11 is 0. The molecule has 0 unspecified atom stereocenters. The standard InChI is InChI=1S/C18H23N5O2/c1-23(2)17-19-11-14(12-20-17)21-18(24)22-16(15-9-6-10-25-15)13-7-4-3-5-8-13/h3-5,7-8,11-12,15-16H,6,9-10H2,1-2H3,(H2,21,22,24)/t15-,16-/m0/s1. The molecule has 0 radical (unpaired) electrons. The molecule has 0 spiro atoms. The van der Waals surface area contributed by atoms with Crippen molar-refractivity contribution < 1.29 is 9.53 Å². The van der Waals surface area contributed by atoms with E-state index in [-0.39, 0.29) is 18.2 Å². The van der Waals surface area contributed by atoms with Gasteiger partial charge in [0, 0.05) is 20.7 Å². The Hall–Kier alpha value is -2.67. The summed E-state index contributed by atoms with van der Waals surface area (Å²) in [6.45, 7) is 0.733. The minimum absolute atomic E-state index is 0.0134. The van der Waals surface area contributed by atoms with Crippen LogP contribution in [-0.4, -0.2) is 42.8 Å². The first kappa shape index (κ1) is 17.2. The molecule has 25 heavy (non-hydrogen) atoms. The van der Waals surface area contributed by atoms with E-state index in [1.807, 2.05) is 44.4 Å². The van der Waals surface area contributed by atoms with Crippen molar-refractivity contribution in [3.63, 3.8) is 0 Å². The maximum absolute atomic E-state index is 12.4. The molecule has 2 amide bonds. The summed E-state index contributed by atoms with van der Waals surface area (Å²) < 4.78 is 5.79. The number of aromatic nitrogens is 2. The van der Waals surface area contributed by atoms with Crippen LogP contribution in [0.3, 0.4) is 0 Å². The summed E-state index contributed by atoms with van der Waals surface area (Å²) in [6, 6.07) is 9.40. The average molecular weight is 341 g/mol. The molecule has 0 saturated carbocycles. The summed E-state index contributed by atoms with van der Waals surface area (Å²) in [6.07, 6.45) is 5.11. The smallest absolute Gasteiger partial charge is 0.319 e. The molecule has 1 aliphatic rings. The fourth-order valence-electron chi connectivity index (χ4n) is 2.84. The Bertz CT molecular complexity index is 684. The number of benzene rings is 1. The monoisotopic (exact) mass is 341 g/mol. The van der Waals surface area contributed by atoms with Crippen LogP contribution in [0.1, 0.15) is 24.4 Å². The number of ether oxygens (including phenoxy) is 1. The van der Waals surface area contributed by atoms with E-state index in [1.165, 1.54) is 0 Å². The van der Waals surface area contributed by atoms with E-state index < -0.39 is 0 Å². The van der Waals surface area contributed by atoms with E-state index in [0.717, 1.165) is 25.0 Å². The fourth-order valence-corrected chi connectivity index (χ4v) is 2.84. The lowest BCUT2D eigenvalue weighted by Gasteiger charge is -2.24. The van der Waals surface area contributed by atoms with Gasteiger partial charge in [-0.05, 0) is 18.4 Å². The van der Waals surface area contributed by atoms with Gasteiger partial charge in [0.25, 0.3) is 0 Å². The molecule has 1 aliphatic heterocycles. The second-order valence-electron chi connectivity index (χ2n) is 6.20. The largest absolute Gasteiger partial charge is 0.376 e. The molecule has 1 fully saturated rings. The first-order chi connectivity index (χ1) is 12.1. The van der Waals surface area contributed by atoms with Gasteiger partial charge in [-0.1, -0.05) is 30.3 Å². The topological polar surface area (TPSA) is 79.4 Å². The van der Waals surface area contributed by atoms with E-state index in [0.29, 0.717) is 11.6 Å². The van der Waals surface area contributed by atoms with Gasteiger partial charge in [0.1, 0.15) is 0 Å². The number of nitrogens with one attached hydrogen (secondary N) is 2. The lowest BCUT2D eigenvalue weighted by Crippen LogP contribution is -2.38. The maximum Gasteiger partial charge on any atom is 0.319 e. The van der Waals surface area contributed by atoms with Gasteiger partial charge in [0.2, 0.25) is 5.95 Å². The van der Waals surface area contributed by atoms with Gasteiger partial charge < -0.3 is 20.3 Å². The molecule has 3 rings (SSSR count). The predicted molar refractivity (Wildman–Crippen MR) is 96.7 cm³/mol. The number of amides is 2. The molecule has 7 heteroatoms. The predicted octanol–water partition coefficient (Wildman–Crippen LogP) is 2.58. The van der Waals surface area contributed by atoms with Crippen molar-refractivity contribution >= 4 is 17.7 Å². The molecule has 1 aromatic carbocycles. The van der Waals surface area contributed by atoms with Crippen molar-refractivity contribution in [3.8, 4) is 0 Å². The highest BCUT2D eigenvalue weighted by Gasteiger charge is 2.28. The maximum atomic E-state index is 12.4. The Balaban J connectivity index is 1.67. The van der Waals surface area contributed by atoms with E-state index in [4.69, 9.17) is 4.74 Å². The molecule has 2 atom stereocenters. The minimum atomic E-state index is -0.300. The number of rotatable bonds is 5. The molecule has 0 aliphatic carbocycles. The Kier molecular flexibility index (Phi) is 5.45. The highest BCUT2D eigenvalue weighted by Crippen LogP contribution is 2.27. The summed E-state index contributed by atoms with van der Waals surface area (Å²) in [5, 5.41) is 5.80. The van der Waals surface area contributed by atoms with E-state index in [2.05, 4.69) is 20.6 Å². The zero-order chi connectivity index (χ0) is 17.6. The van der Waals surface area contributed by atoms with Crippen LogP contribution in [0, 0.1) is 0 Å². The highest BCUT2D eigenvalue weighted by atomic mass is 16.5. The Morgan fingerprint density at radius 3 is 2.56 bits per heavy atom. The number of carbonyl (C=O) groups is 1. The van der Waals surface area contributed by atoms with Crippen molar-refractivity contribution in [1.82, 2.24) is 15.3 Å². The molecule has 1 aromatic heterocycles. The van der Waals surface area contributed by atoms with Crippen LogP contribution < -0.4 is 15.5 Å². The third-order valence-corrected chi connectivity index (χ3v) is 4.08. The van der Waals surface area contributed by atoms with Crippen molar-refractivity contribution in [3.05, 3.63) is 48.3 Å². The zero-order valence-corrected chi connectivity index (χ0v) is 14.5. The summed E-state index contributed by atoms with van der Waals surface area (Å²) in [7, 11) is 3.72. The molecule has 2 aromatic rings. The molecular weight excluding hydrogens is 318 g/mol. The quantitative estimate of drug-likeness (QED) is 0.874. The van der Waals surface area contributed by atoms with Crippen LogP contribution in [-0.2, 0) is 4.74 Å². The molecule has 2 N–H and O–H groups in total. The summed E-state index contributed by atoms with van der Waals surface area (Å²) in [4.78, 5) is 22.6. The third kappa shape index (κ3) is 4.45. The van der Waals surface area contributed by atoms with Crippen LogP contribution in [0.5, 0.6) is 0 Å². The normalized spacial score (nSPS) is 17.8. The lowest BCUT2D eigenvalue weighted by molar-refractivity contribution is 0.0815. The van der Waals surface area contributed by atoms with Crippen molar-refractivity contribution in [2.45, 2.75) is 25.0 Å². The van der Waals surface area contributed by atoms with E-state index in [9.17, 15) is 4.79 Å². The van der Waals surface area contributed by atoms with Crippen molar-refractivity contribution in [2.75, 3.05) is 30.9 Å². The van der Waals surface area contributed by atoms with Crippen LogP contribution in [0.2, 0.25) is 0 Å². The number of hydrogen-bond donors (Lipinski definition) is 2. The zero-order valence-electron chi connectivity index (χ0n) is 14.5. The number of nitrogens with zero attached hydrogens (tertiary/aromatic N) is 3. The van der Waals surface area contributed by atoms with Gasteiger partial charge in [0.05, 0.1) is 30.2 Å². The summed E-state index contributed by atoms with van der Waals surface area (Å²) in [5.41, 5.74) is 1.58. The van der Waals surface area contributed by atoms with Crippen LogP contribution in [0.15, 0.2) is 42.7 Å². The lowest BCUT2D eigenvalue weighted by atomic mass is 9.99. The Morgan fingerprint density at radius 2 is 1.96 bits per heavy atom. The molecule has 1 saturated heterocycles. The Morgan fingerprint density at radius 1 is 1.24 bits per heavy atom. The molecule has 0 bridgehead atoms. The van der Waals surface area contributed by atoms with Gasteiger partial charge >= 0.3 is 6.03 Å². The van der Waals surface area contributed by atoms with Crippen molar-refractivity contribution in [1.29, 1.82) is 0 Å². The van der Waals surface area contributed by atoms with Gasteiger partial charge in [-0.2, -0.15) is 0 Å². The number of anilines is 2. The van der Waals surface area contributed by atoms with Crippen LogP contribution in [0.4, 0.5) is 16.4 Å². The highest BCUT2D eigenvalue weighted by molar-refractivity contribution is 5.89. The van der Waals surface area contributed by atoms with Gasteiger partial charge in [-0.25, -0.2) is 14.8 Å². The van der Waals surface area contributed by atoms with Gasteiger partial charge in [-0.15, -0.1) is 0 Å². The molecular formula is C18H23N5O2.